The number of likely N-dealkylation sites (N-methyl/N-ethyl adjacent to an activating group) is 1. The van der Waals surface area contributed by atoms with Crippen LogP contribution in [0.1, 0.15) is 46.1 Å². The number of rotatable bonds is 9. The zero-order valence-electron chi connectivity index (χ0n) is 23.5. The fraction of sp³-hybridized carbons (Fsp3) is 0.667. The Kier molecular flexibility index (Phi) is 10.0. The van der Waals surface area contributed by atoms with E-state index in [4.69, 9.17) is 18.4 Å². The number of hydrogen-bond acceptors (Lipinski definition) is 9. The second-order valence-corrected chi connectivity index (χ2v) is 12.6. The molecule has 2 heterocycles. The summed E-state index contributed by atoms with van der Waals surface area (Å²) in [7, 11) is -2.64. The summed E-state index contributed by atoms with van der Waals surface area (Å²) in [5.74, 6) is -2.00. The molecule has 0 N–H and O–H groups in total. The van der Waals surface area contributed by atoms with Crippen LogP contribution < -0.4 is 0 Å². The van der Waals surface area contributed by atoms with Crippen molar-refractivity contribution >= 4 is 28.1 Å². The first-order chi connectivity index (χ1) is 18.2. The van der Waals surface area contributed by atoms with Crippen molar-refractivity contribution in [2.45, 2.75) is 70.0 Å². The Morgan fingerprint density at radius 2 is 1.82 bits per heavy atom. The highest BCUT2D eigenvalue weighted by Crippen LogP contribution is 2.31. The van der Waals surface area contributed by atoms with Crippen LogP contribution in [0.25, 0.3) is 0 Å². The third kappa shape index (κ3) is 7.70. The van der Waals surface area contributed by atoms with Crippen LogP contribution in [-0.2, 0) is 38.1 Å². The third-order valence-corrected chi connectivity index (χ3v) is 8.19. The first-order valence-corrected chi connectivity index (χ1v) is 14.6. The second kappa shape index (κ2) is 12.6. The van der Waals surface area contributed by atoms with Gasteiger partial charge in [0.05, 0.1) is 36.7 Å². The van der Waals surface area contributed by atoms with Crippen molar-refractivity contribution in [3.63, 3.8) is 0 Å². The first-order valence-electron chi connectivity index (χ1n) is 13.2. The fourth-order valence-corrected chi connectivity index (χ4v) is 5.85. The molecule has 0 unspecified atom stereocenters. The Bertz CT molecular complexity index is 1120. The van der Waals surface area contributed by atoms with Gasteiger partial charge < -0.3 is 24.0 Å². The van der Waals surface area contributed by atoms with E-state index in [0.717, 1.165) is 5.56 Å². The molecule has 0 aromatic heterocycles. The van der Waals surface area contributed by atoms with Crippen LogP contribution in [0, 0.1) is 18.8 Å². The average Bonchev–Trinajstić information content (AvgIpc) is 3.52. The van der Waals surface area contributed by atoms with Crippen molar-refractivity contribution in [3.8, 4) is 0 Å². The molecule has 2 saturated heterocycles. The lowest BCUT2D eigenvalue weighted by atomic mass is 9.94. The summed E-state index contributed by atoms with van der Waals surface area (Å²) >= 11 is 0. The van der Waals surface area contributed by atoms with Gasteiger partial charge in [-0.05, 0) is 59.6 Å². The number of likely N-dealkylation sites (tertiary alicyclic amines) is 1. The number of nitrogens with zero attached hydrogens (tertiary/aromatic N) is 2. The van der Waals surface area contributed by atoms with Gasteiger partial charge in [-0.1, -0.05) is 17.7 Å². The Balaban J connectivity index is 1.87. The van der Waals surface area contributed by atoms with Crippen LogP contribution in [0.4, 0.5) is 4.79 Å². The van der Waals surface area contributed by atoms with E-state index in [1.165, 1.54) is 29.0 Å². The quantitative estimate of drug-likeness (QED) is 0.326. The summed E-state index contributed by atoms with van der Waals surface area (Å²) in [6, 6.07) is 4.39. The predicted octanol–water partition coefficient (Wildman–Crippen LogP) is 2.75. The van der Waals surface area contributed by atoms with E-state index in [0.29, 0.717) is 19.6 Å². The monoisotopic (exact) mass is 568 g/mol. The first kappa shape index (κ1) is 30.8. The zero-order chi connectivity index (χ0) is 29.0. The van der Waals surface area contributed by atoms with E-state index in [1.54, 1.807) is 39.8 Å². The topological polar surface area (TPSA) is 129 Å². The molecule has 0 spiro atoms. The Morgan fingerprint density at radius 1 is 1.15 bits per heavy atom. The van der Waals surface area contributed by atoms with Crippen LogP contribution >= 0.6 is 0 Å². The van der Waals surface area contributed by atoms with Gasteiger partial charge in [-0.15, -0.1) is 0 Å². The van der Waals surface area contributed by atoms with E-state index in [-0.39, 0.29) is 30.4 Å². The standard InChI is InChI=1S/C27H40N2O9S/c1-7-36-25(31)23(19-13-15-35-16-19)28(6)24(30)21-12-14-29(26(32)38-27(3,4)5)22(21)17-37-39(33,34)20-10-8-18(2)9-11-20/h8-11,19,21-23H,7,12-17H2,1-6H3/t19-,21-,22+,23-/m0/s1. The minimum absolute atomic E-state index is 0.0291. The number of hydrogen-bond donors (Lipinski definition) is 0. The summed E-state index contributed by atoms with van der Waals surface area (Å²) in [6.07, 6.45) is 0.169. The smallest absolute Gasteiger partial charge is 0.410 e. The fourth-order valence-electron chi connectivity index (χ4n) is 4.92. The van der Waals surface area contributed by atoms with Crippen LogP contribution in [0.5, 0.6) is 0 Å². The maximum atomic E-state index is 13.8. The van der Waals surface area contributed by atoms with Gasteiger partial charge in [-0.25, -0.2) is 9.59 Å². The van der Waals surface area contributed by atoms with E-state index in [2.05, 4.69) is 0 Å². The predicted molar refractivity (Wildman–Crippen MR) is 141 cm³/mol. The van der Waals surface area contributed by atoms with E-state index in [9.17, 15) is 22.8 Å². The molecule has 4 atom stereocenters. The highest BCUT2D eigenvalue weighted by atomic mass is 32.2. The number of amides is 2. The van der Waals surface area contributed by atoms with E-state index in [1.807, 2.05) is 6.92 Å². The zero-order valence-corrected chi connectivity index (χ0v) is 24.4. The van der Waals surface area contributed by atoms with Crippen molar-refractivity contribution < 1.29 is 41.2 Å². The minimum Gasteiger partial charge on any atom is -0.464 e. The Morgan fingerprint density at radius 3 is 2.38 bits per heavy atom. The number of carbonyl (C=O) groups excluding carboxylic acids is 3. The van der Waals surface area contributed by atoms with Crippen molar-refractivity contribution in [1.82, 2.24) is 9.80 Å². The average molecular weight is 569 g/mol. The molecule has 11 nitrogen and oxygen atoms in total. The molecule has 2 aliphatic heterocycles. The van der Waals surface area contributed by atoms with E-state index >= 15 is 0 Å². The van der Waals surface area contributed by atoms with E-state index < -0.39 is 58.3 Å². The Hall–Kier alpha value is -2.70. The van der Waals surface area contributed by atoms with Crippen molar-refractivity contribution in [3.05, 3.63) is 29.8 Å². The van der Waals surface area contributed by atoms with Crippen LogP contribution in [0.2, 0.25) is 0 Å². The van der Waals surface area contributed by atoms with Gasteiger partial charge in [0.25, 0.3) is 10.1 Å². The molecule has 0 aliphatic carbocycles. The summed E-state index contributed by atoms with van der Waals surface area (Å²) in [4.78, 5) is 42.4. The third-order valence-electron chi connectivity index (χ3n) is 6.90. The molecule has 2 amide bonds. The molecule has 2 aliphatic rings. The molecule has 0 bridgehead atoms. The molecular weight excluding hydrogens is 528 g/mol. The lowest BCUT2D eigenvalue weighted by Gasteiger charge is -2.34. The van der Waals surface area contributed by atoms with Gasteiger partial charge in [0.2, 0.25) is 5.91 Å². The molecular formula is C27H40N2O9S. The van der Waals surface area contributed by atoms with Crippen LogP contribution in [0.15, 0.2) is 29.2 Å². The number of carbonyl (C=O) groups is 3. The molecule has 0 radical (unpaired) electrons. The SMILES string of the molecule is CCOC(=O)[C@H]([C@H]1CCOC1)N(C)C(=O)[C@H]1CCN(C(=O)OC(C)(C)C)[C@@H]1COS(=O)(=O)c1ccc(C)cc1. The molecule has 0 saturated carbocycles. The highest BCUT2D eigenvalue weighted by Gasteiger charge is 2.47. The van der Waals surface area contributed by atoms with Gasteiger partial charge in [-0.2, -0.15) is 8.42 Å². The lowest BCUT2D eigenvalue weighted by molar-refractivity contribution is -0.158. The number of benzene rings is 1. The van der Waals surface area contributed by atoms with Gasteiger partial charge in [0.15, 0.2) is 0 Å². The number of aryl methyl sites for hydroxylation is 1. The minimum atomic E-state index is -4.16. The Labute approximate surface area is 230 Å². The molecule has 3 rings (SSSR count). The van der Waals surface area contributed by atoms with Gasteiger partial charge in [0.1, 0.15) is 11.6 Å². The number of esters is 1. The largest absolute Gasteiger partial charge is 0.464 e. The highest BCUT2D eigenvalue weighted by molar-refractivity contribution is 7.86. The molecule has 218 valence electrons. The van der Waals surface area contributed by atoms with Gasteiger partial charge >= 0.3 is 12.1 Å². The summed E-state index contributed by atoms with van der Waals surface area (Å²) in [6.45, 7) is 9.36. The maximum Gasteiger partial charge on any atom is 0.410 e. The summed E-state index contributed by atoms with van der Waals surface area (Å²) in [5.41, 5.74) is 0.0886. The summed E-state index contributed by atoms with van der Waals surface area (Å²) < 4.78 is 47.5. The number of ether oxygens (including phenoxy) is 3. The van der Waals surface area contributed by atoms with Crippen molar-refractivity contribution in [2.24, 2.45) is 11.8 Å². The van der Waals surface area contributed by atoms with Gasteiger partial charge in [-0.3, -0.25) is 8.98 Å². The van der Waals surface area contributed by atoms with Crippen LogP contribution in [0.3, 0.4) is 0 Å². The summed E-state index contributed by atoms with van der Waals surface area (Å²) in [5, 5.41) is 0. The van der Waals surface area contributed by atoms with Crippen molar-refractivity contribution in [2.75, 3.05) is 40.0 Å². The molecule has 1 aromatic rings. The van der Waals surface area contributed by atoms with Crippen molar-refractivity contribution in [1.29, 1.82) is 0 Å². The maximum absolute atomic E-state index is 13.8. The molecule has 12 heteroatoms. The van der Waals surface area contributed by atoms with Crippen LogP contribution in [-0.4, -0.2) is 93.9 Å². The van der Waals surface area contributed by atoms with Gasteiger partial charge in [0, 0.05) is 26.1 Å². The molecule has 1 aromatic carbocycles. The lowest BCUT2D eigenvalue weighted by Crippen LogP contribution is -2.53. The molecule has 2 fully saturated rings. The normalized spacial score (nSPS) is 22.4. The molecule has 39 heavy (non-hydrogen) atoms. The second-order valence-electron chi connectivity index (χ2n) is 11.0.